The Morgan fingerprint density at radius 3 is 1.05 bits per heavy atom. The lowest BCUT2D eigenvalue weighted by Gasteiger charge is -1.82. The summed E-state index contributed by atoms with van der Waals surface area (Å²) in [5.41, 5.74) is 1.32. The fraction of sp³-hybridized carbons (Fsp3) is 0.308. The lowest BCUT2D eigenvalue weighted by molar-refractivity contribution is 0.562. The zero-order chi connectivity index (χ0) is 13.2. The second kappa shape index (κ2) is 45.3. The molecule has 0 aliphatic carbocycles. The van der Waals surface area contributed by atoms with Crippen molar-refractivity contribution in [1.29, 1.82) is 16.2 Å². The predicted octanol–water partition coefficient (Wildman–Crippen LogP) is 3.61. The number of aryl methyl sites for hydroxylation is 1. The van der Waals surface area contributed by atoms with Crippen LogP contribution in [0.4, 0.5) is 0 Å². The third kappa shape index (κ3) is 95.4. The molecule has 0 amide bonds. The number of rotatable bonds is 0. The minimum atomic E-state index is 0. The summed E-state index contributed by atoms with van der Waals surface area (Å²) < 4.78 is 0. The van der Waals surface area contributed by atoms with Crippen molar-refractivity contribution < 1.29 is 14.4 Å². The molecule has 3 N–H and O–H groups in total. The van der Waals surface area contributed by atoms with Crippen LogP contribution in [-0.2, 0) is 14.4 Å². The zero-order valence-corrected chi connectivity index (χ0v) is 8.61. The first-order chi connectivity index (χ1) is 7.64. The Bertz CT molecular complexity index is 318. The fourth-order valence-corrected chi connectivity index (χ4v) is 0.534. The van der Waals surface area contributed by atoms with Crippen LogP contribution in [0.15, 0.2) is 30.3 Å². The average Bonchev–Trinajstić information content (AvgIpc) is 2.22. The number of isocyanates is 3. The summed E-state index contributed by atoms with van der Waals surface area (Å²) in [6.45, 7) is 2.08. The van der Waals surface area contributed by atoms with Crippen molar-refractivity contribution in [2.45, 2.75) is 29.2 Å². The first kappa shape index (κ1) is 36.0. The maximum absolute atomic E-state index is 8.35. The lowest BCUT2D eigenvalue weighted by atomic mass is 10.2. The van der Waals surface area contributed by atoms with E-state index in [9.17, 15) is 0 Å². The van der Waals surface area contributed by atoms with Gasteiger partial charge in [0, 0.05) is 0 Å². The molecule has 19 heavy (non-hydrogen) atoms. The molecule has 0 heterocycles. The van der Waals surface area contributed by atoms with Gasteiger partial charge >= 0.3 is 0 Å². The molecule has 0 saturated heterocycles. The molecule has 1 aromatic rings. The summed E-state index contributed by atoms with van der Waals surface area (Å²) in [7, 11) is 0. The summed E-state index contributed by atoms with van der Waals surface area (Å²) in [5, 5.41) is 16.2. The van der Waals surface area contributed by atoms with Crippen LogP contribution >= 0.6 is 0 Å². The lowest BCUT2D eigenvalue weighted by Crippen LogP contribution is -1.62. The Labute approximate surface area is 115 Å². The van der Waals surface area contributed by atoms with Crippen LogP contribution in [0.3, 0.4) is 0 Å². The predicted molar refractivity (Wildman–Crippen MR) is 76.6 cm³/mol. The minimum absolute atomic E-state index is 0. The molecule has 0 bridgehead atoms. The summed E-state index contributed by atoms with van der Waals surface area (Å²) in [4.78, 5) is 25.0. The van der Waals surface area contributed by atoms with Crippen molar-refractivity contribution in [2.24, 2.45) is 0 Å². The van der Waals surface area contributed by atoms with Gasteiger partial charge in [0.25, 0.3) is 0 Å². The van der Waals surface area contributed by atoms with E-state index in [1.54, 1.807) is 0 Å². The van der Waals surface area contributed by atoms with Crippen molar-refractivity contribution in [1.82, 2.24) is 0 Å². The Kier molecular flexibility index (Phi) is 85.8. The summed E-state index contributed by atoms with van der Waals surface area (Å²) in [6.07, 6.45) is 2.25. The van der Waals surface area contributed by atoms with Crippen LogP contribution in [0.25, 0.3) is 0 Å². The second-order valence-corrected chi connectivity index (χ2v) is 1.96. The highest BCUT2D eigenvalue weighted by Gasteiger charge is 1.72. The van der Waals surface area contributed by atoms with E-state index in [0.29, 0.717) is 0 Å². The second-order valence-electron chi connectivity index (χ2n) is 1.96. The van der Waals surface area contributed by atoms with Crippen LogP contribution in [0.2, 0.25) is 0 Å². The van der Waals surface area contributed by atoms with Gasteiger partial charge in [-0.25, -0.2) is 30.6 Å². The summed E-state index contributed by atoms with van der Waals surface area (Å²) >= 11 is 0. The molecule has 0 saturated carbocycles. The molecule has 0 fully saturated rings. The Morgan fingerprint density at radius 1 is 0.737 bits per heavy atom. The van der Waals surface area contributed by atoms with Crippen molar-refractivity contribution in [2.75, 3.05) is 0 Å². The average molecular weight is 269 g/mol. The highest BCUT2D eigenvalue weighted by molar-refractivity contribution is 5.26. The molecule has 6 nitrogen and oxygen atoms in total. The van der Waals surface area contributed by atoms with Crippen molar-refractivity contribution in [3.63, 3.8) is 0 Å². The Balaban J connectivity index is -0.0000000311. The molecule has 0 atom stereocenters. The van der Waals surface area contributed by atoms with Gasteiger partial charge in [0.1, 0.15) is 0 Å². The summed E-state index contributed by atoms with van der Waals surface area (Å²) in [5.74, 6) is 0. The monoisotopic (exact) mass is 269 g/mol. The minimum Gasteiger partial charge on any atom is -0.222 e. The van der Waals surface area contributed by atoms with E-state index in [2.05, 4.69) is 19.1 Å². The van der Waals surface area contributed by atoms with Gasteiger partial charge in [-0.1, -0.05) is 58.2 Å². The number of hydrogen-bond donors (Lipinski definition) is 3. The van der Waals surface area contributed by atoms with Crippen LogP contribution in [-0.4, -0.2) is 18.2 Å². The van der Waals surface area contributed by atoms with Gasteiger partial charge in [-0.05, 0) is 6.92 Å². The van der Waals surface area contributed by atoms with Crippen molar-refractivity contribution in [3.8, 4) is 0 Å². The third-order valence-electron chi connectivity index (χ3n) is 0.940. The van der Waals surface area contributed by atoms with E-state index in [-0.39, 0.29) is 22.3 Å². The number of nitrogens with one attached hydrogen (secondary N) is 3. The highest BCUT2D eigenvalue weighted by Crippen LogP contribution is 1.92. The quantitative estimate of drug-likeness (QED) is 0.492. The summed E-state index contributed by atoms with van der Waals surface area (Å²) in [6, 6.07) is 10.3. The molecule has 1 rings (SSSR count). The smallest absolute Gasteiger partial charge is 0.222 e. The first-order valence-electron chi connectivity index (χ1n) is 3.77. The SMILES string of the molecule is C.C.C.Cc1ccccc1.N=C=O.N=C=O.N=C=O. The maximum atomic E-state index is 8.35. The standard InChI is InChI=1S/C7H8.3CHNO.3CH4/c1-7-5-3-2-4-6-7;3*2-1-3;;;/h2-6H,1H3;3*2H;3*1H4. The van der Waals surface area contributed by atoms with Crippen molar-refractivity contribution >= 4 is 18.2 Å². The molecular formula is C13H23N3O3. The van der Waals surface area contributed by atoms with E-state index in [0.717, 1.165) is 18.2 Å². The van der Waals surface area contributed by atoms with Gasteiger partial charge in [0.15, 0.2) is 0 Å². The van der Waals surface area contributed by atoms with Crippen LogP contribution in [0, 0.1) is 23.2 Å². The zero-order valence-electron chi connectivity index (χ0n) is 8.61. The Morgan fingerprint density at radius 2 is 0.947 bits per heavy atom. The van der Waals surface area contributed by atoms with Crippen LogP contribution in [0.1, 0.15) is 27.8 Å². The topological polar surface area (TPSA) is 123 Å². The molecule has 0 radical (unpaired) electrons. The van der Waals surface area contributed by atoms with E-state index >= 15 is 0 Å². The fourth-order valence-electron chi connectivity index (χ4n) is 0.534. The molecule has 0 unspecified atom stereocenters. The van der Waals surface area contributed by atoms with E-state index in [1.807, 2.05) is 18.2 Å². The van der Waals surface area contributed by atoms with Gasteiger partial charge in [0.05, 0.1) is 0 Å². The van der Waals surface area contributed by atoms with Gasteiger partial charge < -0.3 is 0 Å². The third-order valence-corrected chi connectivity index (χ3v) is 0.940. The molecule has 6 heteroatoms. The molecular weight excluding hydrogens is 246 g/mol. The number of benzene rings is 1. The Hall–Kier alpha value is -2.64. The van der Waals surface area contributed by atoms with Gasteiger partial charge in [-0.3, -0.25) is 0 Å². The van der Waals surface area contributed by atoms with E-state index in [4.69, 9.17) is 30.6 Å². The van der Waals surface area contributed by atoms with E-state index in [1.165, 1.54) is 5.56 Å². The molecule has 108 valence electrons. The molecule has 0 spiro atoms. The first-order valence-corrected chi connectivity index (χ1v) is 3.77. The van der Waals surface area contributed by atoms with Gasteiger partial charge in [-0.15, -0.1) is 0 Å². The van der Waals surface area contributed by atoms with Crippen LogP contribution in [0.5, 0.6) is 0 Å². The normalized spacial score (nSPS) is 4.47. The van der Waals surface area contributed by atoms with Crippen molar-refractivity contribution in [3.05, 3.63) is 35.9 Å². The number of hydrogen-bond acceptors (Lipinski definition) is 6. The molecule has 0 aliphatic rings. The molecule has 0 aliphatic heterocycles. The highest BCUT2D eigenvalue weighted by atomic mass is 16.1. The largest absolute Gasteiger partial charge is 0.231 e. The van der Waals surface area contributed by atoms with Crippen LogP contribution < -0.4 is 0 Å². The maximum Gasteiger partial charge on any atom is 0.231 e. The molecule has 1 aromatic carbocycles. The van der Waals surface area contributed by atoms with Gasteiger partial charge in [0.2, 0.25) is 18.2 Å². The molecule has 0 aromatic heterocycles. The number of carbonyl (C=O) groups excluding carboxylic acids is 3. The van der Waals surface area contributed by atoms with E-state index < -0.39 is 0 Å². The van der Waals surface area contributed by atoms with Gasteiger partial charge in [-0.2, -0.15) is 0 Å².